The van der Waals surface area contributed by atoms with Crippen LogP contribution in [0.15, 0.2) is 42.5 Å². The van der Waals surface area contributed by atoms with E-state index >= 15 is 0 Å². The number of sulfonamides is 1. The van der Waals surface area contributed by atoms with E-state index in [0.29, 0.717) is 12.1 Å². The summed E-state index contributed by atoms with van der Waals surface area (Å²) < 4.78 is 40.2. The molecule has 0 saturated heterocycles. The van der Waals surface area contributed by atoms with E-state index in [4.69, 9.17) is 0 Å². The third-order valence-electron chi connectivity index (χ3n) is 5.17. The van der Waals surface area contributed by atoms with Crippen LogP contribution in [0, 0.1) is 22.9 Å². The molecule has 10 nitrogen and oxygen atoms in total. The number of nitrogens with one attached hydrogen (secondary N) is 1. The van der Waals surface area contributed by atoms with Crippen molar-refractivity contribution < 1.29 is 27.3 Å². The summed E-state index contributed by atoms with van der Waals surface area (Å²) in [6.07, 6.45) is 0.868. The van der Waals surface area contributed by atoms with Gasteiger partial charge >= 0.3 is 0 Å². The molecule has 0 aliphatic heterocycles. The minimum Gasteiger partial charge on any atom is -0.355 e. The second-order valence-electron chi connectivity index (χ2n) is 7.68. The maximum Gasteiger partial charge on any atom is 0.271 e. The highest BCUT2D eigenvalue weighted by atomic mass is 32.2. The molecule has 1 atom stereocenters. The lowest BCUT2D eigenvalue weighted by Crippen LogP contribution is -2.51. The van der Waals surface area contributed by atoms with Crippen LogP contribution < -0.4 is 9.62 Å². The summed E-state index contributed by atoms with van der Waals surface area (Å²) in [5.74, 6) is -1.86. The van der Waals surface area contributed by atoms with Crippen LogP contribution in [0.2, 0.25) is 0 Å². The Kier molecular flexibility index (Phi) is 8.68. The van der Waals surface area contributed by atoms with Crippen molar-refractivity contribution in [1.29, 1.82) is 0 Å². The van der Waals surface area contributed by atoms with Crippen molar-refractivity contribution >= 4 is 33.2 Å². The molecule has 0 radical (unpaired) electrons. The van der Waals surface area contributed by atoms with E-state index in [-0.39, 0.29) is 23.5 Å². The van der Waals surface area contributed by atoms with E-state index < -0.39 is 45.2 Å². The fraction of sp³-hybridized carbons (Fsp3) is 0.364. The summed E-state index contributed by atoms with van der Waals surface area (Å²) in [6.45, 7) is 3.98. The Morgan fingerprint density at radius 3 is 2.41 bits per heavy atom. The number of anilines is 1. The Bertz CT molecular complexity index is 1190. The lowest BCUT2D eigenvalue weighted by molar-refractivity contribution is -0.384. The van der Waals surface area contributed by atoms with Crippen LogP contribution in [-0.2, 0) is 26.2 Å². The molecule has 2 aromatic rings. The molecule has 0 spiro atoms. The van der Waals surface area contributed by atoms with E-state index in [1.807, 2.05) is 0 Å². The number of likely N-dealkylation sites (N-methyl/N-ethyl adjacent to an activating group) is 1. The average molecular weight is 495 g/mol. The molecular formula is C22H27FN4O6S. The molecule has 184 valence electrons. The summed E-state index contributed by atoms with van der Waals surface area (Å²) in [5, 5.41) is 13.8. The smallest absolute Gasteiger partial charge is 0.271 e. The zero-order chi connectivity index (χ0) is 25.6. The normalized spacial score (nSPS) is 12.0. The maximum atomic E-state index is 14.3. The molecule has 0 aliphatic carbocycles. The number of halogens is 1. The van der Waals surface area contributed by atoms with Gasteiger partial charge < -0.3 is 10.2 Å². The van der Waals surface area contributed by atoms with Crippen molar-refractivity contribution in [2.75, 3.05) is 23.7 Å². The van der Waals surface area contributed by atoms with Gasteiger partial charge in [0.2, 0.25) is 21.8 Å². The maximum absolute atomic E-state index is 14.3. The van der Waals surface area contributed by atoms with E-state index in [1.54, 1.807) is 19.9 Å². The van der Waals surface area contributed by atoms with Gasteiger partial charge in [-0.25, -0.2) is 12.8 Å². The van der Waals surface area contributed by atoms with Gasteiger partial charge in [0.25, 0.3) is 5.69 Å². The average Bonchev–Trinajstić information content (AvgIpc) is 2.76. The number of nitro benzene ring substituents is 1. The van der Waals surface area contributed by atoms with Gasteiger partial charge in [-0.2, -0.15) is 0 Å². The molecule has 0 bridgehead atoms. The molecule has 1 N–H and O–H groups in total. The van der Waals surface area contributed by atoms with Gasteiger partial charge in [-0.3, -0.25) is 24.0 Å². The van der Waals surface area contributed by atoms with E-state index in [1.165, 1.54) is 37.3 Å². The van der Waals surface area contributed by atoms with Crippen LogP contribution in [0.4, 0.5) is 15.8 Å². The lowest BCUT2D eigenvalue weighted by Gasteiger charge is -2.31. The third kappa shape index (κ3) is 6.50. The SMILES string of the molecule is CCNC(=O)C(C)N(Cc1ccccc1F)C(=O)CN(c1cc([N+](=O)[O-])ccc1C)S(C)(=O)=O. The van der Waals surface area contributed by atoms with Crippen LogP contribution in [0.25, 0.3) is 0 Å². The van der Waals surface area contributed by atoms with Crippen molar-refractivity contribution in [3.63, 3.8) is 0 Å². The number of aryl methyl sites for hydroxylation is 1. The van der Waals surface area contributed by atoms with Crippen LogP contribution >= 0.6 is 0 Å². The monoisotopic (exact) mass is 494 g/mol. The second kappa shape index (κ2) is 11.1. The number of carbonyl (C=O) groups is 2. The third-order valence-corrected chi connectivity index (χ3v) is 6.29. The molecule has 0 aromatic heterocycles. The molecule has 2 amide bonds. The molecule has 12 heteroatoms. The predicted molar refractivity (Wildman–Crippen MR) is 125 cm³/mol. The van der Waals surface area contributed by atoms with Crippen molar-refractivity contribution in [2.45, 2.75) is 33.4 Å². The highest BCUT2D eigenvalue weighted by Crippen LogP contribution is 2.28. The number of benzene rings is 2. The largest absolute Gasteiger partial charge is 0.355 e. The Labute approximate surface area is 197 Å². The van der Waals surface area contributed by atoms with Crippen molar-refractivity contribution in [1.82, 2.24) is 10.2 Å². The first-order chi connectivity index (χ1) is 15.9. The van der Waals surface area contributed by atoms with E-state index in [0.717, 1.165) is 21.5 Å². The zero-order valence-electron chi connectivity index (χ0n) is 19.3. The molecule has 34 heavy (non-hydrogen) atoms. The fourth-order valence-electron chi connectivity index (χ4n) is 3.29. The van der Waals surface area contributed by atoms with Gasteiger partial charge in [-0.05, 0) is 32.4 Å². The Morgan fingerprint density at radius 2 is 1.85 bits per heavy atom. The Hall–Kier alpha value is -3.54. The van der Waals surface area contributed by atoms with Gasteiger partial charge in [0, 0.05) is 30.8 Å². The molecule has 0 aliphatic rings. The number of non-ortho nitro benzene ring substituents is 1. The van der Waals surface area contributed by atoms with Gasteiger partial charge in [0.15, 0.2) is 0 Å². The number of rotatable bonds is 10. The highest BCUT2D eigenvalue weighted by molar-refractivity contribution is 7.92. The van der Waals surface area contributed by atoms with Crippen molar-refractivity contribution in [3.05, 3.63) is 69.5 Å². The topological polar surface area (TPSA) is 130 Å². The Balaban J connectivity index is 2.49. The van der Waals surface area contributed by atoms with Gasteiger partial charge in [-0.1, -0.05) is 24.3 Å². The summed E-state index contributed by atoms with van der Waals surface area (Å²) in [6, 6.07) is 8.36. The number of hydrogen-bond acceptors (Lipinski definition) is 6. The summed E-state index contributed by atoms with van der Waals surface area (Å²) in [4.78, 5) is 37.5. The standard InChI is InChI=1S/C22H27FN4O6S/c1-5-24-22(29)16(3)25(13-17-8-6-7-9-19(17)23)21(28)14-26(34(4,32)33)20-12-18(27(30)31)11-10-15(20)2/h6-12,16H,5,13-14H2,1-4H3,(H,24,29). The summed E-state index contributed by atoms with van der Waals surface area (Å²) in [7, 11) is -4.06. The summed E-state index contributed by atoms with van der Waals surface area (Å²) >= 11 is 0. The number of hydrogen-bond donors (Lipinski definition) is 1. The van der Waals surface area contributed by atoms with Crippen LogP contribution in [-0.4, -0.2) is 55.4 Å². The molecule has 0 heterocycles. The minimum atomic E-state index is -4.06. The van der Waals surface area contributed by atoms with E-state index in [9.17, 15) is 32.5 Å². The lowest BCUT2D eigenvalue weighted by atomic mass is 10.1. The van der Waals surface area contributed by atoms with Gasteiger partial charge in [0.05, 0.1) is 16.9 Å². The van der Waals surface area contributed by atoms with Gasteiger partial charge in [0.1, 0.15) is 18.4 Å². The zero-order valence-corrected chi connectivity index (χ0v) is 20.1. The Morgan fingerprint density at radius 1 is 1.21 bits per heavy atom. The molecular weight excluding hydrogens is 467 g/mol. The minimum absolute atomic E-state index is 0.0402. The second-order valence-corrected chi connectivity index (χ2v) is 9.59. The summed E-state index contributed by atoms with van der Waals surface area (Å²) in [5.41, 5.74) is 0.146. The molecule has 2 rings (SSSR count). The number of nitro groups is 1. The number of amides is 2. The number of carbonyl (C=O) groups excluding carboxylic acids is 2. The van der Waals surface area contributed by atoms with E-state index in [2.05, 4.69) is 5.32 Å². The van der Waals surface area contributed by atoms with Crippen molar-refractivity contribution in [2.24, 2.45) is 0 Å². The molecule has 2 aromatic carbocycles. The fourth-order valence-corrected chi connectivity index (χ4v) is 4.19. The van der Waals surface area contributed by atoms with Crippen LogP contribution in [0.5, 0.6) is 0 Å². The van der Waals surface area contributed by atoms with Crippen LogP contribution in [0.3, 0.4) is 0 Å². The van der Waals surface area contributed by atoms with Crippen molar-refractivity contribution in [3.8, 4) is 0 Å². The molecule has 0 saturated carbocycles. The van der Waals surface area contributed by atoms with Crippen LogP contribution in [0.1, 0.15) is 25.0 Å². The highest BCUT2D eigenvalue weighted by Gasteiger charge is 2.31. The first-order valence-corrected chi connectivity index (χ1v) is 12.2. The quantitative estimate of drug-likeness (QED) is 0.399. The first-order valence-electron chi connectivity index (χ1n) is 10.4. The number of nitrogens with zero attached hydrogens (tertiary/aromatic N) is 3. The first kappa shape index (κ1) is 26.7. The predicted octanol–water partition coefficient (Wildman–Crippen LogP) is 2.36. The van der Waals surface area contributed by atoms with Gasteiger partial charge in [-0.15, -0.1) is 0 Å². The molecule has 0 fully saturated rings. The molecule has 1 unspecified atom stereocenters.